The molecule has 0 aromatic carbocycles. The van der Waals surface area contributed by atoms with Crippen LogP contribution in [-0.2, 0) is 21.2 Å². The van der Waals surface area contributed by atoms with Crippen LogP contribution in [0.2, 0.25) is 52.4 Å². The molecule has 5 nitrogen and oxygen atoms in total. The average molecular weight is 427 g/mol. The maximum absolute atomic E-state index is 6.59. The highest BCUT2D eigenvalue weighted by atomic mass is 28.5. The van der Waals surface area contributed by atoms with Gasteiger partial charge in [-0.3, -0.25) is 0 Å². The zero-order valence-corrected chi connectivity index (χ0v) is 23.0. The molecule has 0 rings (SSSR count). The van der Waals surface area contributed by atoms with Crippen molar-refractivity contribution < 1.29 is 21.2 Å². The molecule has 0 amide bonds. The summed E-state index contributed by atoms with van der Waals surface area (Å²) in [4.78, 5) is 0. The highest BCUT2D eigenvalue weighted by Crippen LogP contribution is 2.31. The molecule has 0 aliphatic carbocycles. The Kier molecular flexibility index (Phi) is 8.17. The molecule has 152 valence electrons. The summed E-state index contributed by atoms with van der Waals surface area (Å²) in [5.41, 5.74) is -0.729. The van der Waals surface area contributed by atoms with Gasteiger partial charge in [0.15, 0.2) is 16.6 Å². The van der Waals surface area contributed by atoms with Crippen molar-refractivity contribution in [3.63, 3.8) is 0 Å². The van der Waals surface area contributed by atoms with Crippen molar-refractivity contribution >= 4 is 34.2 Å². The van der Waals surface area contributed by atoms with E-state index in [0.29, 0.717) is 0 Å². The number of rotatable bonds is 8. The van der Waals surface area contributed by atoms with Crippen LogP contribution in [-0.4, -0.2) is 45.4 Å². The molecule has 0 aromatic rings. The van der Waals surface area contributed by atoms with Crippen LogP contribution in [0.3, 0.4) is 0 Å². The SMILES string of the molecule is CC(C)(C)O[Si](C)(O[Si](C)(C)C)O[Si](C)(OC(C)(C)C)O[Si](C)(C)C. The number of hydrogen-bond acceptors (Lipinski definition) is 5. The van der Waals surface area contributed by atoms with Crippen molar-refractivity contribution in [1.29, 1.82) is 0 Å². The van der Waals surface area contributed by atoms with Gasteiger partial charge < -0.3 is 21.2 Å². The minimum atomic E-state index is -2.96. The molecule has 0 aromatic heterocycles. The lowest BCUT2D eigenvalue weighted by atomic mass is 10.2. The summed E-state index contributed by atoms with van der Waals surface area (Å²) in [5.74, 6) is 0. The van der Waals surface area contributed by atoms with Crippen molar-refractivity contribution in [2.45, 2.75) is 105 Å². The molecule has 0 bridgehead atoms. The Morgan fingerprint density at radius 3 is 0.840 bits per heavy atom. The lowest BCUT2D eigenvalue weighted by Crippen LogP contribution is -2.63. The van der Waals surface area contributed by atoms with Crippen LogP contribution in [0.1, 0.15) is 41.5 Å². The molecule has 25 heavy (non-hydrogen) atoms. The summed E-state index contributed by atoms with van der Waals surface area (Å²) >= 11 is 0. The third-order valence-corrected chi connectivity index (χ3v) is 15.1. The van der Waals surface area contributed by atoms with Crippen molar-refractivity contribution in [1.82, 2.24) is 0 Å². The Morgan fingerprint density at radius 1 is 0.440 bits per heavy atom. The van der Waals surface area contributed by atoms with E-state index in [1.807, 2.05) is 54.6 Å². The topological polar surface area (TPSA) is 46.2 Å². The molecule has 0 radical (unpaired) electrons. The smallest absolute Gasteiger partial charge is 0.416 e. The van der Waals surface area contributed by atoms with E-state index in [1.54, 1.807) is 0 Å². The van der Waals surface area contributed by atoms with E-state index in [9.17, 15) is 0 Å². The fourth-order valence-electron chi connectivity index (χ4n) is 2.69. The Hall–Kier alpha value is 0.668. The first-order chi connectivity index (χ1) is 10.5. The standard InChI is InChI=1S/C16H42O5Si4/c1-15(2,3)17-24(13,19-22(7,8)9)21-25(14,18-16(4,5)6)20-23(10,11)12/h1-14H3. The van der Waals surface area contributed by atoms with Crippen molar-refractivity contribution in [2.24, 2.45) is 0 Å². The number of hydrogen-bond donors (Lipinski definition) is 0. The molecular weight excluding hydrogens is 385 g/mol. The summed E-state index contributed by atoms with van der Waals surface area (Å²) < 4.78 is 32.2. The van der Waals surface area contributed by atoms with E-state index in [4.69, 9.17) is 21.2 Å². The Balaban J connectivity index is 5.79. The molecule has 0 N–H and O–H groups in total. The maximum atomic E-state index is 6.59. The van der Waals surface area contributed by atoms with Gasteiger partial charge in [0.25, 0.3) is 0 Å². The van der Waals surface area contributed by atoms with E-state index in [1.165, 1.54) is 0 Å². The second kappa shape index (κ2) is 7.96. The summed E-state index contributed by atoms with van der Waals surface area (Å²) in [6.45, 7) is 29.0. The lowest BCUT2D eigenvalue weighted by Gasteiger charge is -2.44. The normalized spacial score (nSPS) is 19.4. The van der Waals surface area contributed by atoms with Gasteiger partial charge in [-0.2, -0.15) is 0 Å². The first-order valence-corrected chi connectivity index (χ1v) is 20.3. The van der Waals surface area contributed by atoms with Gasteiger partial charge in [-0.25, -0.2) is 0 Å². The van der Waals surface area contributed by atoms with Crippen LogP contribution in [0.25, 0.3) is 0 Å². The third-order valence-electron chi connectivity index (χ3n) is 2.34. The summed E-state index contributed by atoms with van der Waals surface area (Å²) in [6, 6.07) is 0. The highest BCUT2D eigenvalue weighted by molar-refractivity contribution is 6.86. The van der Waals surface area contributed by atoms with E-state index in [0.717, 1.165) is 0 Å². The van der Waals surface area contributed by atoms with Gasteiger partial charge >= 0.3 is 17.6 Å². The molecule has 0 spiro atoms. The monoisotopic (exact) mass is 426 g/mol. The molecule has 0 aliphatic heterocycles. The van der Waals surface area contributed by atoms with E-state index in [2.05, 4.69) is 39.3 Å². The molecule has 0 saturated carbocycles. The Bertz CT molecular complexity index is 358. The fourth-order valence-corrected chi connectivity index (χ4v) is 18.3. The highest BCUT2D eigenvalue weighted by Gasteiger charge is 2.53. The summed E-state index contributed by atoms with van der Waals surface area (Å²) in [7, 11) is -9.67. The van der Waals surface area contributed by atoms with Crippen LogP contribution in [0.4, 0.5) is 0 Å². The molecule has 0 heterocycles. The predicted octanol–water partition coefficient (Wildman–Crippen LogP) is 5.47. The van der Waals surface area contributed by atoms with Gasteiger partial charge in [-0.1, -0.05) is 0 Å². The zero-order chi connectivity index (χ0) is 20.5. The minimum absolute atomic E-state index is 0.364. The maximum Gasteiger partial charge on any atom is 0.480 e. The first-order valence-electron chi connectivity index (χ1n) is 9.04. The van der Waals surface area contributed by atoms with E-state index >= 15 is 0 Å². The minimum Gasteiger partial charge on any atom is -0.416 e. The van der Waals surface area contributed by atoms with Crippen LogP contribution in [0.15, 0.2) is 0 Å². The molecule has 0 aliphatic rings. The largest absolute Gasteiger partial charge is 0.480 e. The second-order valence-electron chi connectivity index (χ2n) is 10.7. The van der Waals surface area contributed by atoms with Crippen molar-refractivity contribution in [3.05, 3.63) is 0 Å². The quantitative estimate of drug-likeness (QED) is 0.481. The molecule has 0 saturated heterocycles. The van der Waals surface area contributed by atoms with Gasteiger partial charge in [0, 0.05) is 13.1 Å². The molecule has 9 heteroatoms. The van der Waals surface area contributed by atoms with Gasteiger partial charge in [0.1, 0.15) is 0 Å². The van der Waals surface area contributed by atoms with Crippen molar-refractivity contribution in [3.8, 4) is 0 Å². The van der Waals surface area contributed by atoms with Gasteiger partial charge in [0.2, 0.25) is 0 Å². The Labute approximate surface area is 160 Å². The van der Waals surface area contributed by atoms with E-state index < -0.39 is 34.2 Å². The van der Waals surface area contributed by atoms with Crippen molar-refractivity contribution in [2.75, 3.05) is 0 Å². The van der Waals surface area contributed by atoms with Gasteiger partial charge in [-0.15, -0.1) is 0 Å². The molecular formula is C16H42O5Si4. The molecule has 0 fully saturated rings. The van der Waals surface area contributed by atoms with Gasteiger partial charge in [-0.05, 0) is 80.8 Å². The summed E-state index contributed by atoms with van der Waals surface area (Å²) in [5, 5.41) is 0. The van der Waals surface area contributed by atoms with Crippen LogP contribution >= 0.6 is 0 Å². The zero-order valence-electron chi connectivity index (χ0n) is 19.0. The van der Waals surface area contributed by atoms with E-state index in [-0.39, 0.29) is 11.2 Å². The lowest BCUT2D eigenvalue weighted by molar-refractivity contribution is 0.00927. The van der Waals surface area contributed by atoms with Crippen LogP contribution in [0, 0.1) is 0 Å². The first kappa shape index (κ1) is 25.7. The molecule has 2 unspecified atom stereocenters. The second-order valence-corrected chi connectivity index (χ2v) is 25.4. The molecule has 2 atom stereocenters. The van der Waals surface area contributed by atoms with Gasteiger partial charge in [0.05, 0.1) is 11.2 Å². The summed E-state index contributed by atoms with van der Waals surface area (Å²) in [6.07, 6.45) is 0. The Morgan fingerprint density at radius 2 is 0.680 bits per heavy atom. The predicted molar refractivity (Wildman–Crippen MR) is 115 cm³/mol. The average Bonchev–Trinajstić information content (AvgIpc) is 1.97. The van der Waals surface area contributed by atoms with Crippen LogP contribution < -0.4 is 0 Å². The third kappa shape index (κ3) is 13.5. The van der Waals surface area contributed by atoms with Crippen LogP contribution in [0.5, 0.6) is 0 Å². The fraction of sp³-hybridized carbons (Fsp3) is 1.00.